The summed E-state index contributed by atoms with van der Waals surface area (Å²) in [4.78, 5) is 22.8. The molecule has 10 heteroatoms. The van der Waals surface area contributed by atoms with Crippen molar-refractivity contribution in [3.63, 3.8) is 0 Å². The molecule has 0 bridgehead atoms. The maximum atomic E-state index is 13.0. The van der Waals surface area contributed by atoms with E-state index in [0.29, 0.717) is 16.7 Å². The Kier molecular flexibility index (Phi) is 7.32. The third-order valence-corrected chi connectivity index (χ3v) is 3.96. The number of carbonyl (C=O) groups excluding carboxylic acids is 1. The molecule has 0 aliphatic carbocycles. The lowest BCUT2D eigenvalue weighted by Crippen LogP contribution is -2.31. The fraction of sp³-hybridized carbons (Fsp3) is 0.529. The molecule has 1 aromatic carbocycles. The van der Waals surface area contributed by atoms with Crippen molar-refractivity contribution in [3.8, 4) is 5.75 Å². The van der Waals surface area contributed by atoms with Crippen LogP contribution in [-0.2, 0) is 37.8 Å². The van der Waals surface area contributed by atoms with E-state index in [1.165, 1.54) is 13.0 Å². The summed E-state index contributed by atoms with van der Waals surface area (Å²) in [7, 11) is -5.27. The molecule has 0 saturated heterocycles. The monoisotopic (exact) mass is 405 g/mol. The number of hydrogen-bond donors (Lipinski definition) is 2. The summed E-state index contributed by atoms with van der Waals surface area (Å²) in [5, 5.41) is 11.9. The molecule has 0 heterocycles. The van der Waals surface area contributed by atoms with E-state index in [4.69, 9.17) is 9.84 Å². The van der Waals surface area contributed by atoms with E-state index in [1.807, 2.05) is 0 Å². The van der Waals surface area contributed by atoms with Gasteiger partial charge in [-0.25, -0.2) is 0 Å². The molecule has 1 rings (SSSR count). The maximum absolute atomic E-state index is 13.0. The van der Waals surface area contributed by atoms with Gasteiger partial charge in [-0.15, -0.1) is 0 Å². The lowest BCUT2D eigenvalue weighted by molar-refractivity contribution is -0.153. The number of esters is 1. The van der Waals surface area contributed by atoms with Crippen molar-refractivity contribution in [3.05, 3.63) is 28.3 Å². The van der Waals surface area contributed by atoms with Crippen LogP contribution in [0, 0.1) is 13.8 Å². The Bertz CT molecular complexity index is 829. The SMILES string of the molecule is Cc1c(CNCC(=O)OC(C)(C)C)cc(OS(=O)(=O)F)c(C)c1CC(=O)O. The standard InChI is InChI=1S/C17H24FNO7S/c1-10-12(8-19-9-16(22)25-17(3,4)5)6-14(26-27(18,23)24)11(2)13(10)7-15(20)21/h6,19H,7-9H2,1-5H3,(H,20,21). The van der Waals surface area contributed by atoms with Gasteiger partial charge in [0, 0.05) is 6.54 Å². The van der Waals surface area contributed by atoms with Gasteiger partial charge in [-0.1, -0.05) is 3.89 Å². The second-order valence-electron chi connectivity index (χ2n) is 7.00. The van der Waals surface area contributed by atoms with E-state index in [0.717, 1.165) is 0 Å². The summed E-state index contributed by atoms with van der Waals surface area (Å²) < 4.78 is 44.1. The molecular formula is C17H24FNO7S. The predicted molar refractivity (Wildman–Crippen MR) is 95.5 cm³/mol. The molecule has 2 N–H and O–H groups in total. The molecule has 0 radical (unpaired) electrons. The van der Waals surface area contributed by atoms with Gasteiger partial charge in [0.1, 0.15) is 11.4 Å². The van der Waals surface area contributed by atoms with Gasteiger partial charge in [0.25, 0.3) is 0 Å². The summed E-state index contributed by atoms with van der Waals surface area (Å²) in [5.41, 5.74) is 0.947. The molecule has 0 fully saturated rings. The highest BCUT2D eigenvalue weighted by molar-refractivity contribution is 7.81. The first kappa shape index (κ1) is 22.8. The Morgan fingerprint density at radius 1 is 1.22 bits per heavy atom. The second kappa shape index (κ2) is 8.66. The minimum absolute atomic E-state index is 0.0979. The largest absolute Gasteiger partial charge is 0.488 e. The van der Waals surface area contributed by atoms with Crippen LogP contribution in [-0.4, -0.2) is 37.6 Å². The molecule has 0 amide bonds. The normalized spacial score (nSPS) is 11.9. The summed E-state index contributed by atoms with van der Waals surface area (Å²) in [5.74, 6) is -1.91. The van der Waals surface area contributed by atoms with Crippen LogP contribution in [0.1, 0.15) is 43.0 Å². The molecule has 27 heavy (non-hydrogen) atoms. The van der Waals surface area contributed by atoms with Crippen molar-refractivity contribution in [1.29, 1.82) is 0 Å². The number of hydrogen-bond acceptors (Lipinski definition) is 7. The van der Waals surface area contributed by atoms with E-state index in [1.54, 1.807) is 27.7 Å². The van der Waals surface area contributed by atoms with Crippen molar-refractivity contribution >= 4 is 22.4 Å². The van der Waals surface area contributed by atoms with Gasteiger partial charge in [0.05, 0.1) is 13.0 Å². The lowest BCUT2D eigenvalue weighted by atomic mass is 9.94. The maximum Gasteiger partial charge on any atom is 0.488 e. The van der Waals surface area contributed by atoms with Gasteiger partial charge in [-0.2, -0.15) is 8.42 Å². The van der Waals surface area contributed by atoms with Crippen LogP contribution in [0.2, 0.25) is 0 Å². The number of rotatable bonds is 8. The van der Waals surface area contributed by atoms with Crippen LogP contribution in [0.4, 0.5) is 3.89 Å². The zero-order valence-corrected chi connectivity index (χ0v) is 16.7. The zero-order chi connectivity index (χ0) is 21.0. The summed E-state index contributed by atoms with van der Waals surface area (Å²) in [6.45, 7) is 8.28. The van der Waals surface area contributed by atoms with Crippen LogP contribution in [0.25, 0.3) is 0 Å². The van der Waals surface area contributed by atoms with Crippen LogP contribution in [0.5, 0.6) is 5.75 Å². The van der Waals surface area contributed by atoms with Gasteiger partial charge in [0.15, 0.2) is 0 Å². The Labute approximate surface area is 158 Å². The first-order valence-corrected chi connectivity index (χ1v) is 9.41. The summed E-state index contributed by atoms with van der Waals surface area (Å²) >= 11 is 0. The quantitative estimate of drug-likeness (QED) is 0.498. The average Bonchev–Trinajstić information content (AvgIpc) is 2.44. The Morgan fingerprint density at radius 3 is 2.30 bits per heavy atom. The molecule has 0 aliphatic heterocycles. The number of ether oxygens (including phenoxy) is 1. The average molecular weight is 405 g/mol. The van der Waals surface area contributed by atoms with E-state index in [9.17, 15) is 21.9 Å². The number of carbonyl (C=O) groups is 2. The highest BCUT2D eigenvalue weighted by Gasteiger charge is 2.20. The van der Waals surface area contributed by atoms with Crippen molar-refractivity contribution < 1.29 is 35.9 Å². The molecule has 0 unspecified atom stereocenters. The molecule has 0 atom stereocenters. The van der Waals surface area contributed by atoms with Crippen LogP contribution >= 0.6 is 0 Å². The second-order valence-corrected chi connectivity index (χ2v) is 7.95. The molecule has 152 valence electrons. The van der Waals surface area contributed by atoms with Crippen molar-refractivity contribution in [2.24, 2.45) is 0 Å². The fourth-order valence-electron chi connectivity index (χ4n) is 2.47. The van der Waals surface area contributed by atoms with Crippen molar-refractivity contribution in [2.75, 3.05) is 6.54 Å². The number of benzene rings is 1. The fourth-order valence-corrected chi connectivity index (χ4v) is 2.86. The van der Waals surface area contributed by atoms with Gasteiger partial charge in [-0.3, -0.25) is 9.59 Å². The third-order valence-electron chi connectivity index (χ3n) is 3.58. The molecule has 1 aromatic rings. The van der Waals surface area contributed by atoms with Gasteiger partial charge in [-0.05, 0) is 62.9 Å². The number of aliphatic carboxylic acids is 1. The van der Waals surface area contributed by atoms with Gasteiger partial charge in [0.2, 0.25) is 0 Å². The summed E-state index contributed by atoms with van der Waals surface area (Å²) in [6, 6.07) is 1.30. The zero-order valence-electron chi connectivity index (χ0n) is 15.9. The topological polar surface area (TPSA) is 119 Å². The van der Waals surface area contributed by atoms with Crippen LogP contribution in [0.3, 0.4) is 0 Å². The van der Waals surface area contributed by atoms with E-state index < -0.39 is 28.0 Å². The molecule has 0 spiro atoms. The molecular weight excluding hydrogens is 381 g/mol. The number of nitrogens with one attached hydrogen (secondary N) is 1. The molecule has 8 nitrogen and oxygen atoms in total. The highest BCUT2D eigenvalue weighted by Crippen LogP contribution is 2.30. The molecule has 0 aliphatic rings. The minimum Gasteiger partial charge on any atom is -0.481 e. The van der Waals surface area contributed by atoms with Crippen molar-refractivity contribution in [2.45, 2.75) is 53.2 Å². The highest BCUT2D eigenvalue weighted by atomic mass is 32.3. The molecule has 0 aromatic heterocycles. The smallest absolute Gasteiger partial charge is 0.481 e. The lowest BCUT2D eigenvalue weighted by Gasteiger charge is -2.20. The van der Waals surface area contributed by atoms with Gasteiger partial charge < -0.3 is 19.3 Å². The Balaban J connectivity index is 3.09. The van der Waals surface area contributed by atoms with Crippen LogP contribution in [0.15, 0.2) is 6.07 Å². The minimum atomic E-state index is -5.27. The first-order chi connectivity index (χ1) is 12.2. The summed E-state index contributed by atoms with van der Waals surface area (Å²) in [6.07, 6.45) is -0.389. The Hall–Kier alpha value is -2.20. The number of halogens is 1. The number of carboxylic acid groups (broad SMARTS) is 1. The van der Waals surface area contributed by atoms with Crippen LogP contribution < -0.4 is 9.50 Å². The molecule has 0 saturated carbocycles. The van der Waals surface area contributed by atoms with Crippen molar-refractivity contribution in [1.82, 2.24) is 5.32 Å². The predicted octanol–water partition coefficient (Wildman–Crippen LogP) is 1.95. The van der Waals surface area contributed by atoms with Gasteiger partial charge >= 0.3 is 22.4 Å². The van der Waals surface area contributed by atoms with E-state index in [2.05, 4.69) is 9.50 Å². The Morgan fingerprint density at radius 2 is 1.81 bits per heavy atom. The number of carboxylic acids is 1. The third kappa shape index (κ3) is 7.92. The first-order valence-electron chi connectivity index (χ1n) is 8.10. The van der Waals surface area contributed by atoms with E-state index in [-0.39, 0.29) is 30.8 Å². The van der Waals surface area contributed by atoms with E-state index >= 15 is 0 Å².